The van der Waals surface area contributed by atoms with Crippen LogP contribution >= 0.6 is 22.9 Å². The van der Waals surface area contributed by atoms with Crippen LogP contribution in [0.25, 0.3) is 0 Å². The number of rotatable bonds is 5. The standard InChI is InChI=1S/C22H23ClN4O2S/c1-15-7-8-20(29-2)17(13-15)24-22-25-18(14-30-22)21(28)27-11-9-26(10-12-27)19-6-4-3-5-16(19)23/h3-8,13-14H,9-12H2,1-2H3,(H,24,25). The SMILES string of the molecule is COc1ccc(C)cc1Nc1nc(C(=O)N2CCN(c3ccccc3Cl)CC2)cs1. The van der Waals surface area contributed by atoms with E-state index in [-0.39, 0.29) is 5.91 Å². The number of thiazole rings is 1. The van der Waals surface area contributed by atoms with Crippen LogP contribution in [0, 0.1) is 6.92 Å². The summed E-state index contributed by atoms with van der Waals surface area (Å²) in [6.45, 7) is 4.77. The molecular weight excluding hydrogens is 420 g/mol. The molecule has 0 aliphatic carbocycles. The van der Waals surface area contributed by atoms with Crippen molar-refractivity contribution in [3.63, 3.8) is 0 Å². The minimum Gasteiger partial charge on any atom is -0.495 e. The first kappa shape index (κ1) is 20.5. The molecule has 1 fully saturated rings. The van der Waals surface area contributed by atoms with Crippen LogP contribution in [0.2, 0.25) is 5.02 Å². The summed E-state index contributed by atoms with van der Waals surface area (Å²) < 4.78 is 5.40. The third-order valence-electron chi connectivity index (χ3n) is 5.08. The number of methoxy groups -OCH3 is 1. The number of anilines is 3. The van der Waals surface area contributed by atoms with Crippen LogP contribution in [0.3, 0.4) is 0 Å². The fraction of sp³-hybridized carbons (Fsp3) is 0.273. The highest BCUT2D eigenvalue weighted by Crippen LogP contribution is 2.30. The van der Waals surface area contributed by atoms with Crippen molar-refractivity contribution in [3.8, 4) is 5.75 Å². The predicted molar refractivity (Wildman–Crippen MR) is 123 cm³/mol. The third-order valence-corrected chi connectivity index (χ3v) is 6.16. The second-order valence-electron chi connectivity index (χ2n) is 7.10. The number of nitrogens with zero attached hydrogens (tertiary/aromatic N) is 3. The van der Waals surface area contributed by atoms with Crippen LogP contribution in [0.4, 0.5) is 16.5 Å². The summed E-state index contributed by atoms with van der Waals surface area (Å²) in [7, 11) is 1.63. The zero-order valence-corrected chi connectivity index (χ0v) is 18.5. The lowest BCUT2D eigenvalue weighted by Gasteiger charge is -2.36. The fourth-order valence-corrected chi connectivity index (χ4v) is 4.44. The number of ether oxygens (including phenoxy) is 1. The normalized spacial score (nSPS) is 14.0. The molecule has 0 saturated carbocycles. The number of piperazine rings is 1. The minimum absolute atomic E-state index is 0.0469. The third kappa shape index (κ3) is 4.37. The van der Waals surface area contributed by atoms with Gasteiger partial charge in [-0.15, -0.1) is 11.3 Å². The van der Waals surface area contributed by atoms with Gasteiger partial charge in [-0.1, -0.05) is 29.8 Å². The summed E-state index contributed by atoms with van der Waals surface area (Å²) in [4.78, 5) is 21.5. The van der Waals surface area contributed by atoms with E-state index in [1.807, 2.05) is 54.3 Å². The summed E-state index contributed by atoms with van der Waals surface area (Å²) in [6.07, 6.45) is 0. The highest BCUT2D eigenvalue weighted by molar-refractivity contribution is 7.14. The Balaban J connectivity index is 1.40. The molecule has 1 N–H and O–H groups in total. The predicted octanol–water partition coefficient (Wildman–Crippen LogP) is 4.82. The van der Waals surface area contributed by atoms with Crippen molar-refractivity contribution in [2.75, 3.05) is 43.5 Å². The Kier molecular flexibility index (Phi) is 6.11. The van der Waals surface area contributed by atoms with Gasteiger partial charge in [0.05, 0.1) is 23.5 Å². The molecule has 30 heavy (non-hydrogen) atoms. The average molecular weight is 443 g/mol. The van der Waals surface area contributed by atoms with Crippen LogP contribution in [0.5, 0.6) is 5.75 Å². The Labute approximate surface area is 185 Å². The van der Waals surface area contributed by atoms with Gasteiger partial charge in [0.2, 0.25) is 0 Å². The van der Waals surface area contributed by atoms with Gasteiger partial charge < -0.3 is 19.9 Å². The van der Waals surface area contributed by atoms with Crippen molar-refractivity contribution in [3.05, 3.63) is 64.1 Å². The summed E-state index contributed by atoms with van der Waals surface area (Å²) in [5.74, 6) is 0.689. The lowest BCUT2D eigenvalue weighted by atomic mass is 10.2. The molecule has 8 heteroatoms. The van der Waals surface area contributed by atoms with E-state index in [4.69, 9.17) is 16.3 Å². The molecular formula is C22H23ClN4O2S. The summed E-state index contributed by atoms with van der Waals surface area (Å²) in [5.41, 5.74) is 3.42. The number of aromatic nitrogens is 1. The molecule has 0 bridgehead atoms. The smallest absolute Gasteiger partial charge is 0.273 e. The molecule has 0 unspecified atom stereocenters. The molecule has 3 aromatic rings. The number of amides is 1. The van der Waals surface area contributed by atoms with E-state index < -0.39 is 0 Å². The van der Waals surface area contributed by atoms with Crippen molar-refractivity contribution in [2.24, 2.45) is 0 Å². The van der Waals surface area contributed by atoms with Gasteiger partial charge in [0.15, 0.2) is 5.13 Å². The number of halogens is 1. The van der Waals surface area contributed by atoms with Crippen LogP contribution in [-0.4, -0.2) is 49.1 Å². The molecule has 0 atom stereocenters. The molecule has 156 valence electrons. The first-order valence-corrected chi connectivity index (χ1v) is 11.0. The highest BCUT2D eigenvalue weighted by atomic mass is 35.5. The van der Waals surface area contributed by atoms with Crippen molar-refractivity contribution < 1.29 is 9.53 Å². The van der Waals surface area contributed by atoms with Gasteiger partial charge in [0, 0.05) is 31.6 Å². The van der Waals surface area contributed by atoms with E-state index in [2.05, 4.69) is 15.2 Å². The highest BCUT2D eigenvalue weighted by Gasteiger charge is 2.25. The quantitative estimate of drug-likeness (QED) is 0.613. The molecule has 1 amide bonds. The Morgan fingerprint density at radius 3 is 2.67 bits per heavy atom. The first-order chi connectivity index (χ1) is 14.5. The monoisotopic (exact) mass is 442 g/mol. The van der Waals surface area contributed by atoms with Crippen molar-refractivity contribution >= 4 is 45.4 Å². The zero-order valence-electron chi connectivity index (χ0n) is 16.9. The summed E-state index contributed by atoms with van der Waals surface area (Å²) >= 11 is 7.71. The van der Waals surface area contributed by atoms with E-state index in [1.54, 1.807) is 12.5 Å². The second-order valence-corrected chi connectivity index (χ2v) is 8.36. The average Bonchev–Trinajstić information content (AvgIpc) is 3.22. The minimum atomic E-state index is -0.0469. The topological polar surface area (TPSA) is 57.7 Å². The maximum absolute atomic E-state index is 12.9. The van der Waals surface area contributed by atoms with Crippen LogP contribution < -0.4 is 15.0 Å². The van der Waals surface area contributed by atoms with E-state index in [0.717, 1.165) is 40.8 Å². The van der Waals surface area contributed by atoms with Crippen molar-refractivity contribution in [2.45, 2.75) is 6.92 Å². The van der Waals surface area contributed by atoms with E-state index in [9.17, 15) is 4.79 Å². The van der Waals surface area contributed by atoms with Gasteiger partial charge >= 0.3 is 0 Å². The fourth-order valence-electron chi connectivity index (χ4n) is 3.48. The van der Waals surface area contributed by atoms with E-state index in [1.165, 1.54) is 11.3 Å². The molecule has 4 rings (SSSR count). The van der Waals surface area contributed by atoms with Gasteiger partial charge in [-0.2, -0.15) is 0 Å². The molecule has 6 nitrogen and oxygen atoms in total. The van der Waals surface area contributed by atoms with Crippen molar-refractivity contribution in [1.82, 2.24) is 9.88 Å². The number of hydrogen-bond donors (Lipinski definition) is 1. The molecule has 1 saturated heterocycles. The number of hydrogen-bond acceptors (Lipinski definition) is 6. The van der Waals surface area contributed by atoms with Crippen molar-refractivity contribution in [1.29, 1.82) is 0 Å². The Morgan fingerprint density at radius 1 is 1.17 bits per heavy atom. The number of carbonyl (C=O) groups excluding carboxylic acids is 1. The maximum Gasteiger partial charge on any atom is 0.273 e. The molecule has 0 radical (unpaired) electrons. The number of carbonyl (C=O) groups is 1. The molecule has 1 aromatic heterocycles. The van der Waals surface area contributed by atoms with Crippen LogP contribution in [0.15, 0.2) is 47.8 Å². The Hall–Kier alpha value is -2.77. The molecule has 2 heterocycles. The number of aryl methyl sites for hydroxylation is 1. The number of benzene rings is 2. The summed E-state index contributed by atoms with van der Waals surface area (Å²) in [6, 6.07) is 13.7. The second kappa shape index (κ2) is 8.93. The van der Waals surface area contributed by atoms with Gasteiger partial charge in [0.25, 0.3) is 5.91 Å². The summed E-state index contributed by atoms with van der Waals surface area (Å²) in [5, 5.41) is 6.46. The molecule has 2 aromatic carbocycles. The lowest BCUT2D eigenvalue weighted by molar-refractivity contribution is 0.0742. The van der Waals surface area contributed by atoms with Gasteiger partial charge in [-0.25, -0.2) is 4.98 Å². The Bertz CT molecular complexity index is 1050. The van der Waals surface area contributed by atoms with E-state index in [0.29, 0.717) is 23.9 Å². The maximum atomic E-state index is 12.9. The molecule has 1 aliphatic rings. The largest absolute Gasteiger partial charge is 0.495 e. The molecule has 1 aliphatic heterocycles. The van der Waals surface area contributed by atoms with Gasteiger partial charge in [-0.3, -0.25) is 4.79 Å². The van der Waals surface area contributed by atoms with Gasteiger partial charge in [-0.05, 0) is 36.8 Å². The van der Waals surface area contributed by atoms with Crippen LogP contribution in [0.1, 0.15) is 16.1 Å². The number of nitrogens with one attached hydrogen (secondary N) is 1. The Morgan fingerprint density at radius 2 is 1.93 bits per heavy atom. The van der Waals surface area contributed by atoms with Crippen LogP contribution in [-0.2, 0) is 0 Å². The molecule has 0 spiro atoms. The number of para-hydroxylation sites is 1. The first-order valence-electron chi connectivity index (χ1n) is 9.71. The van der Waals surface area contributed by atoms with E-state index >= 15 is 0 Å². The zero-order chi connectivity index (χ0) is 21.1. The van der Waals surface area contributed by atoms with Gasteiger partial charge in [0.1, 0.15) is 11.4 Å². The lowest BCUT2D eigenvalue weighted by Crippen LogP contribution is -2.49.